The average molecular weight is 374 g/mol. The molecule has 2 aromatic carbocycles. The smallest absolute Gasteiger partial charge is 0.285 e. The monoisotopic (exact) mass is 373 g/mol. The Morgan fingerprint density at radius 3 is 2.38 bits per heavy atom. The molecule has 0 N–H and O–H groups in total. The largest absolute Gasteiger partial charge is 0.336 e. The molecule has 1 aliphatic heterocycles. The van der Waals surface area contributed by atoms with Crippen LogP contribution >= 0.6 is 11.6 Å². The van der Waals surface area contributed by atoms with Gasteiger partial charge < -0.3 is 4.90 Å². The van der Waals surface area contributed by atoms with Crippen molar-refractivity contribution >= 4 is 23.2 Å². The second-order valence-corrected chi connectivity index (χ2v) is 6.86. The average Bonchev–Trinajstić information content (AvgIpc) is 2.63. The third-order valence-electron chi connectivity index (χ3n) is 4.63. The lowest BCUT2D eigenvalue weighted by molar-refractivity contribution is -0.385. The van der Waals surface area contributed by atoms with Crippen LogP contribution in [0.2, 0.25) is 5.02 Å². The first-order valence-corrected chi connectivity index (χ1v) is 8.83. The number of benzene rings is 2. The van der Waals surface area contributed by atoms with Crippen molar-refractivity contribution in [2.75, 3.05) is 26.2 Å². The van der Waals surface area contributed by atoms with E-state index in [0.29, 0.717) is 23.7 Å². The minimum atomic E-state index is -0.473. The molecular weight excluding hydrogens is 354 g/mol. The van der Waals surface area contributed by atoms with Crippen LogP contribution in [0.4, 0.5) is 5.69 Å². The Kier molecular flexibility index (Phi) is 5.54. The van der Waals surface area contributed by atoms with Crippen molar-refractivity contribution in [3.63, 3.8) is 0 Å². The molecular formula is C19H20ClN3O3. The highest BCUT2D eigenvalue weighted by atomic mass is 35.5. The third-order valence-corrected chi connectivity index (χ3v) is 4.88. The van der Waals surface area contributed by atoms with Crippen molar-refractivity contribution in [3.05, 3.63) is 74.3 Å². The highest BCUT2D eigenvalue weighted by molar-refractivity contribution is 6.30. The Balaban J connectivity index is 1.65. The zero-order valence-electron chi connectivity index (χ0n) is 14.5. The zero-order valence-corrected chi connectivity index (χ0v) is 15.3. The lowest BCUT2D eigenvalue weighted by Crippen LogP contribution is -2.48. The number of nitro groups is 1. The van der Waals surface area contributed by atoms with Crippen LogP contribution in [-0.4, -0.2) is 46.8 Å². The van der Waals surface area contributed by atoms with Crippen LogP contribution in [0, 0.1) is 17.0 Å². The van der Waals surface area contributed by atoms with Crippen LogP contribution < -0.4 is 0 Å². The summed E-state index contributed by atoms with van der Waals surface area (Å²) in [6, 6.07) is 12.6. The molecule has 0 spiro atoms. The Hall–Kier alpha value is -2.44. The predicted molar refractivity (Wildman–Crippen MR) is 100 cm³/mol. The van der Waals surface area contributed by atoms with Crippen molar-refractivity contribution < 1.29 is 9.72 Å². The first-order valence-electron chi connectivity index (χ1n) is 8.46. The van der Waals surface area contributed by atoms with Crippen molar-refractivity contribution in [2.45, 2.75) is 13.5 Å². The summed E-state index contributed by atoms with van der Waals surface area (Å²) in [5, 5.41) is 12.0. The van der Waals surface area contributed by atoms with E-state index in [1.807, 2.05) is 24.3 Å². The van der Waals surface area contributed by atoms with Gasteiger partial charge in [0.1, 0.15) is 5.56 Å². The minimum Gasteiger partial charge on any atom is -0.336 e. The molecule has 1 fully saturated rings. The minimum absolute atomic E-state index is 0.0962. The Morgan fingerprint density at radius 1 is 1.12 bits per heavy atom. The molecule has 7 heteroatoms. The van der Waals surface area contributed by atoms with Gasteiger partial charge in [-0.3, -0.25) is 19.8 Å². The van der Waals surface area contributed by atoms with Gasteiger partial charge in [-0.05, 0) is 30.7 Å². The number of halogens is 1. The summed E-state index contributed by atoms with van der Waals surface area (Å²) < 4.78 is 0. The summed E-state index contributed by atoms with van der Waals surface area (Å²) >= 11 is 5.91. The van der Waals surface area contributed by atoms with Crippen molar-refractivity contribution in [1.29, 1.82) is 0 Å². The van der Waals surface area contributed by atoms with Gasteiger partial charge in [0.2, 0.25) is 0 Å². The first-order chi connectivity index (χ1) is 12.5. The van der Waals surface area contributed by atoms with Crippen LogP contribution in [0.1, 0.15) is 21.5 Å². The normalized spacial score (nSPS) is 15.1. The van der Waals surface area contributed by atoms with E-state index in [2.05, 4.69) is 4.90 Å². The van der Waals surface area contributed by atoms with Gasteiger partial charge in [0.25, 0.3) is 11.6 Å². The molecule has 136 valence electrons. The van der Waals surface area contributed by atoms with Gasteiger partial charge in [-0.1, -0.05) is 35.9 Å². The molecule has 1 aliphatic rings. The van der Waals surface area contributed by atoms with Gasteiger partial charge in [0.15, 0.2) is 0 Å². The highest BCUT2D eigenvalue weighted by Crippen LogP contribution is 2.25. The molecule has 0 radical (unpaired) electrons. The first kappa shape index (κ1) is 18.4. The second-order valence-electron chi connectivity index (χ2n) is 6.42. The van der Waals surface area contributed by atoms with Crippen LogP contribution in [0.15, 0.2) is 42.5 Å². The van der Waals surface area contributed by atoms with Crippen molar-refractivity contribution in [2.24, 2.45) is 0 Å². The van der Waals surface area contributed by atoms with Gasteiger partial charge in [0.05, 0.1) is 4.92 Å². The van der Waals surface area contributed by atoms with Crippen molar-refractivity contribution in [1.82, 2.24) is 9.80 Å². The number of hydrogen-bond acceptors (Lipinski definition) is 4. The Bertz CT molecular complexity index is 815. The molecule has 3 rings (SSSR count). The lowest BCUT2D eigenvalue weighted by Gasteiger charge is -2.34. The molecule has 26 heavy (non-hydrogen) atoms. The topological polar surface area (TPSA) is 66.7 Å². The number of amides is 1. The maximum absolute atomic E-state index is 12.8. The number of nitrogens with zero attached hydrogens (tertiary/aromatic N) is 3. The van der Waals surface area contributed by atoms with Gasteiger partial charge in [0, 0.05) is 43.3 Å². The number of hydrogen-bond donors (Lipinski definition) is 0. The fraction of sp³-hybridized carbons (Fsp3) is 0.316. The highest BCUT2D eigenvalue weighted by Gasteiger charge is 2.28. The van der Waals surface area contributed by atoms with E-state index in [1.165, 1.54) is 11.6 Å². The Labute approximate surface area is 157 Å². The van der Waals surface area contributed by atoms with E-state index in [0.717, 1.165) is 19.6 Å². The second kappa shape index (κ2) is 7.85. The SMILES string of the molecule is Cc1cccc(C(=O)N2CCN(Cc3ccc(Cl)cc3)CC2)c1[N+](=O)[O-]. The molecule has 0 aliphatic carbocycles. The summed E-state index contributed by atoms with van der Waals surface area (Å²) in [6.45, 7) is 5.01. The molecule has 2 aromatic rings. The number of piperazine rings is 1. The predicted octanol–water partition coefficient (Wildman–Crippen LogP) is 3.51. The maximum Gasteiger partial charge on any atom is 0.285 e. The number of aryl methyl sites for hydroxylation is 1. The van der Waals surface area contributed by atoms with E-state index in [9.17, 15) is 14.9 Å². The van der Waals surface area contributed by atoms with Crippen LogP contribution in [-0.2, 0) is 6.54 Å². The quantitative estimate of drug-likeness (QED) is 0.607. The summed E-state index contributed by atoms with van der Waals surface area (Å²) in [7, 11) is 0. The number of nitro benzene ring substituents is 1. The van der Waals surface area contributed by atoms with Gasteiger partial charge >= 0.3 is 0 Å². The molecule has 1 heterocycles. The molecule has 0 saturated carbocycles. The van der Waals surface area contributed by atoms with Gasteiger partial charge in [-0.25, -0.2) is 0 Å². The molecule has 6 nitrogen and oxygen atoms in total. The van der Waals surface area contributed by atoms with E-state index < -0.39 is 4.92 Å². The lowest BCUT2D eigenvalue weighted by atomic mass is 10.1. The van der Waals surface area contributed by atoms with Gasteiger partial charge in [-0.15, -0.1) is 0 Å². The molecule has 1 amide bonds. The fourth-order valence-electron chi connectivity index (χ4n) is 3.20. The number of carbonyl (C=O) groups excluding carboxylic acids is 1. The molecule has 0 atom stereocenters. The Morgan fingerprint density at radius 2 is 1.77 bits per heavy atom. The number of carbonyl (C=O) groups is 1. The number of rotatable bonds is 4. The van der Waals surface area contributed by atoms with E-state index in [-0.39, 0.29) is 17.2 Å². The van der Waals surface area contributed by atoms with E-state index >= 15 is 0 Å². The van der Waals surface area contributed by atoms with Gasteiger partial charge in [-0.2, -0.15) is 0 Å². The van der Waals surface area contributed by atoms with Crippen LogP contribution in [0.3, 0.4) is 0 Å². The standard InChI is InChI=1S/C19H20ClN3O3/c1-14-3-2-4-17(18(14)23(25)26)19(24)22-11-9-21(10-12-22)13-15-5-7-16(20)8-6-15/h2-8H,9-13H2,1H3. The zero-order chi connectivity index (χ0) is 18.7. The molecule has 0 unspecified atom stereocenters. The van der Waals surface area contributed by atoms with Crippen LogP contribution in [0.25, 0.3) is 0 Å². The summed E-state index contributed by atoms with van der Waals surface area (Å²) in [5.74, 6) is -0.272. The molecule has 0 aromatic heterocycles. The fourth-order valence-corrected chi connectivity index (χ4v) is 3.33. The third kappa shape index (κ3) is 4.03. The van der Waals surface area contributed by atoms with Crippen LogP contribution in [0.5, 0.6) is 0 Å². The number of para-hydroxylation sites is 1. The van der Waals surface area contributed by atoms with E-state index in [1.54, 1.807) is 24.0 Å². The van der Waals surface area contributed by atoms with Crippen molar-refractivity contribution in [3.8, 4) is 0 Å². The van der Waals surface area contributed by atoms with E-state index in [4.69, 9.17) is 11.6 Å². The molecule has 1 saturated heterocycles. The molecule has 0 bridgehead atoms. The maximum atomic E-state index is 12.8. The summed E-state index contributed by atoms with van der Waals surface area (Å²) in [5.41, 5.74) is 1.74. The summed E-state index contributed by atoms with van der Waals surface area (Å²) in [4.78, 5) is 27.6. The summed E-state index contributed by atoms with van der Waals surface area (Å²) in [6.07, 6.45) is 0.